The van der Waals surface area contributed by atoms with Crippen LogP contribution in [0.5, 0.6) is 0 Å². The fourth-order valence-corrected chi connectivity index (χ4v) is 5.79. The molecule has 3 N–H and O–H groups in total. The number of fused-ring (bicyclic) bond motifs is 2. The van der Waals surface area contributed by atoms with E-state index in [9.17, 15) is 4.79 Å². The number of nitrogens with zero attached hydrogens (tertiary/aromatic N) is 5. The van der Waals surface area contributed by atoms with Crippen molar-refractivity contribution in [2.75, 3.05) is 5.32 Å². The molecular formula is C32H30N8O. The van der Waals surface area contributed by atoms with Crippen molar-refractivity contribution in [1.82, 2.24) is 35.1 Å². The van der Waals surface area contributed by atoms with E-state index in [1.54, 1.807) is 18.6 Å². The van der Waals surface area contributed by atoms with Crippen molar-refractivity contribution in [2.24, 2.45) is 5.92 Å². The van der Waals surface area contributed by atoms with Gasteiger partial charge in [-0.15, -0.1) is 0 Å². The van der Waals surface area contributed by atoms with Crippen LogP contribution in [0.15, 0.2) is 67.1 Å². The zero-order chi connectivity index (χ0) is 27.8. The number of anilines is 1. The number of pyridine rings is 3. The number of imidazole rings is 1. The summed E-state index contributed by atoms with van der Waals surface area (Å²) in [5, 5.41) is 10.7. The predicted molar refractivity (Wildman–Crippen MR) is 160 cm³/mol. The van der Waals surface area contributed by atoms with Gasteiger partial charge in [0.1, 0.15) is 11.0 Å². The first-order valence-corrected chi connectivity index (χ1v) is 14.1. The van der Waals surface area contributed by atoms with Crippen molar-refractivity contribution in [2.45, 2.75) is 45.4 Å². The summed E-state index contributed by atoms with van der Waals surface area (Å²) in [6.07, 6.45) is 11.8. The molecule has 0 saturated heterocycles. The van der Waals surface area contributed by atoms with E-state index in [0.717, 1.165) is 57.5 Å². The monoisotopic (exact) mass is 542 g/mol. The van der Waals surface area contributed by atoms with Gasteiger partial charge in [0, 0.05) is 29.9 Å². The molecule has 0 spiro atoms. The maximum absolute atomic E-state index is 12.7. The largest absolute Gasteiger partial charge is 0.336 e. The lowest BCUT2D eigenvalue weighted by atomic mass is 9.87. The second-order valence-corrected chi connectivity index (χ2v) is 10.9. The van der Waals surface area contributed by atoms with E-state index in [4.69, 9.17) is 9.97 Å². The quantitative estimate of drug-likeness (QED) is 0.212. The number of hydrogen-bond donors (Lipinski definition) is 3. The second kappa shape index (κ2) is 10.6. The lowest BCUT2D eigenvalue weighted by Gasteiger charge is -2.20. The van der Waals surface area contributed by atoms with Gasteiger partial charge in [0.2, 0.25) is 5.91 Å². The molecular weight excluding hydrogens is 512 g/mol. The van der Waals surface area contributed by atoms with Crippen LogP contribution in [-0.4, -0.2) is 41.0 Å². The molecule has 0 bridgehead atoms. The highest BCUT2D eigenvalue weighted by molar-refractivity contribution is 5.95. The number of nitrogens with one attached hydrogen (secondary N) is 3. The molecule has 9 nitrogen and oxygen atoms in total. The molecule has 6 aromatic rings. The van der Waals surface area contributed by atoms with E-state index in [-0.39, 0.29) is 5.91 Å². The maximum atomic E-state index is 12.7. The van der Waals surface area contributed by atoms with E-state index in [0.29, 0.717) is 35.1 Å². The Kier molecular flexibility index (Phi) is 6.47. The van der Waals surface area contributed by atoms with Crippen molar-refractivity contribution < 1.29 is 4.79 Å². The molecule has 1 aromatic carbocycles. The van der Waals surface area contributed by atoms with Crippen molar-refractivity contribution in [1.29, 1.82) is 0 Å². The van der Waals surface area contributed by atoms with Gasteiger partial charge in [0.15, 0.2) is 11.5 Å². The molecule has 0 radical (unpaired) electrons. The highest BCUT2D eigenvalue weighted by Crippen LogP contribution is 2.31. The molecule has 0 unspecified atom stereocenters. The highest BCUT2D eigenvalue weighted by atomic mass is 16.1. The Morgan fingerprint density at radius 2 is 1.80 bits per heavy atom. The van der Waals surface area contributed by atoms with Gasteiger partial charge in [-0.1, -0.05) is 43.0 Å². The first-order chi connectivity index (χ1) is 20.1. The first kappa shape index (κ1) is 25.1. The first-order valence-electron chi connectivity index (χ1n) is 14.1. The molecule has 41 heavy (non-hydrogen) atoms. The third-order valence-electron chi connectivity index (χ3n) is 7.84. The van der Waals surface area contributed by atoms with Crippen molar-refractivity contribution >= 4 is 33.7 Å². The van der Waals surface area contributed by atoms with E-state index in [1.165, 1.54) is 19.3 Å². The molecule has 1 aliphatic rings. The molecule has 9 heteroatoms. The lowest BCUT2D eigenvalue weighted by Crippen LogP contribution is -2.18. The minimum Gasteiger partial charge on any atom is -0.336 e. The van der Waals surface area contributed by atoms with Crippen molar-refractivity contribution in [3.05, 3.63) is 72.7 Å². The van der Waals surface area contributed by atoms with Gasteiger partial charge in [-0.25, -0.2) is 9.97 Å². The smallest absolute Gasteiger partial charge is 0.224 e. The van der Waals surface area contributed by atoms with Crippen LogP contribution in [0.2, 0.25) is 0 Å². The van der Waals surface area contributed by atoms with Crippen LogP contribution >= 0.6 is 0 Å². The number of aryl methyl sites for hydroxylation is 1. The summed E-state index contributed by atoms with van der Waals surface area (Å²) in [6, 6.07) is 15.9. The van der Waals surface area contributed by atoms with Crippen molar-refractivity contribution in [3.63, 3.8) is 0 Å². The topological polar surface area (TPSA) is 125 Å². The van der Waals surface area contributed by atoms with Gasteiger partial charge in [-0.2, -0.15) is 5.10 Å². The van der Waals surface area contributed by atoms with Crippen LogP contribution in [0.4, 0.5) is 5.69 Å². The Morgan fingerprint density at radius 1 is 0.927 bits per heavy atom. The number of carbonyl (C=O) groups excluding carboxylic acids is 1. The normalized spacial score (nSPS) is 14.1. The van der Waals surface area contributed by atoms with E-state index >= 15 is 0 Å². The third kappa shape index (κ3) is 5.06. The van der Waals surface area contributed by atoms with Crippen LogP contribution in [-0.2, 0) is 4.79 Å². The summed E-state index contributed by atoms with van der Waals surface area (Å²) in [5.41, 5.74) is 8.97. The van der Waals surface area contributed by atoms with Gasteiger partial charge in [-0.05, 0) is 56.0 Å². The SMILES string of the molecule is Cc1cccc(-c2nccc3[nH]c(-c4n[nH]c5ccc(-c6cncc(NC(=O)CC7CCCCC7)c6)nc45)nc23)c1. The molecule has 5 aromatic heterocycles. The summed E-state index contributed by atoms with van der Waals surface area (Å²) >= 11 is 0. The summed E-state index contributed by atoms with van der Waals surface area (Å²) in [6.45, 7) is 2.06. The lowest BCUT2D eigenvalue weighted by molar-refractivity contribution is -0.117. The number of carbonyl (C=O) groups is 1. The van der Waals surface area contributed by atoms with Gasteiger partial charge < -0.3 is 10.3 Å². The fourth-order valence-electron chi connectivity index (χ4n) is 5.79. The zero-order valence-corrected chi connectivity index (χ0v) is 22.8. The second-order valence-electron chi connectivity index (χ2n) is 10.9. The number of benzene rings is 1. The predicted octanol–water partition coefficient (Wildman–Crippen LogP) is 6.84. The Labute approximate surface area is 236 Å². The van der Waals surface area contributed by atoms with Gasteiger partial charge in [-0.3, -0.25) is 19.9 Å². The summed E-state index contributed by atoms with van der Waals surface area (Å²) in [5.74, 6) is 1.13. The van der Waals surface area contributed by atoms with Crippen LogP contribution < -0.4 is 5.32 Å². The maximum Gasteiger partial charge on any atom is 0.224 e. The molecule has 0 aliphatic heterocycles. The van der Waals surface area contributed by atoms with Crippen LogP contribution in [0.25, 0.3) is 56.1 Å². The molecule has 204 valence electrons. The average molecular weight is 543 g/mol. The van der Waals surface area contributed by atoms with E-state index in [2.05, 4.69) is 49.5 Å². The molecule has 1 saturated carbocycles. The number of hydrogen-bond acceptors (Lipinski definition) is 6. The van der Waals surface area contributed by atoms with Gasteiger partial charge >= 0.3 is 0 Å². The Bertz CT molecular complexity index is 1880. The summed E-state index contributed by atoms with van der Waals surface area (Å²) in [7, 11) is 0. The van der Waals surface area contributed by atoms with Crippen molar-refractivity contribution in [3.8, 4) is 34.0 Å². The van der Waals surface area contributed by atoms with E-state index < -0.39 is 0 Å². The Hall–Kier alpha value is -4.92. The standard InChI is InChI=1S/C32H30N8O/c1-19-6-5-9-21(14-19)28-29-25(12-13-34-28)37-32(38-29)31-30-26(39-40-31)11-10-24(36-30)22-16-23(18-33-17-22)35-27(41)15-20-7-3-2-4-8-20/h5-6,9-14,16-18,20H,2-4,7-8,15H2,1H3,(H,35,41)(H,37,38)(H,39,40). The third-order valence-corrected chi connectivity index (χ3v) is 7.84. The van der Waals surface area contributed by atoms with Gasteiger partial charge in [0.25, 0.3) is 0 Å². The minimum absolute atomic E-state index is 0.0424. The average Bonchev–Trinajstić information content (AvgIpc) is 3.61. The summed E-state index contributed by atoms with van der Waals surface area (Å²) < 4.78 is 0. The minimum atomic E-state index is 0.0424. The summed E-state index contributed by atoms with van der Waals surface area (Å²) in [4.78, 5) is 34.9. The zero-order valence-electron chi connectivity index (χ0n) is 22.8. The molecule has 5 heterocycles. The van der Waals surface area contributed by atoms with Crippen LogP contribution in [0.3, 0.4) is 0 Å². The van der Waals surface area contributed by atoms with Crippen LogP contribution in [0.1, 0.15) is 44.1 Å². The number of aromatic nitrogens is 7. The number of aromatic amines is 2. The highest BCUT2D eigenvalue weighted by Gasteiger charge is 2.19. The Balaban J connectivity index is 1.19. The number of amides is 1. The number of H-pyrrole nitrogens is 2. The van der Waals surface area contributed by atoms with Gasteiger partial charge in [0.05, 0.1) is 34.3 Å². The molecule has 1 aliphatic carbocycles. The molecule has 1 fully saturated rings. The Morgan fingerprint density at radius 3 is 2.68 bits per heavy atom. The molecule has 7 rings (SSSR count). The molecule has 1 amide bonds. The fraction of sp³-hybridized carbons (Fsp3) is 0.250. The molecule has 0 atom stereocenters. The number of rotatable bonds is 6. The van der Waals surface area contributed by atoms with Crippen LogP contribution in [0, 0.1) is 12.8 Å². The van der Waals surface area contributed by atoms with E-state index in [1.807, 2.05) is 36.4 Å².